The normalized spacial score (nSPS) is 21.5. The predicted molar refractivity (Wildman–Crippen MR) is 102 cm³/mol. The number of amides is 1. The molecule has 1 atom stereocenters. The number of nitrogens with zero attached hydrogens (tertiary/aromatic N) is 2. The van der Waals surface area contributed by atoms with Gasteiger partial charge >= 0.3 is 0 Å². The van der Waals surface area contributed by atoms with Crippen molar-refractivity contribution in [2.24, 2.45) is 0 Å². The van der Waals surface area contributed by atoms with Crippen molar-refractivity contribution in [3.8, 4) is 5.75 Å². The molecule has 0 bridgehead atoms. The quantitative estimate of drug-likeness (QED) is 0.773. The number of carbonyl (C=O) groups excluding carboxylic acids is 1. The summed E-state index contributed by atoms with van der Waals surface area (Å²) >= 11 is 0. The van der Waals surface area contributed by atoms with Crippen molar-refractivity contribution in [2.45, 2.75) is 44.6 Å². The van der Waals surface area contributed by atoms with E-state index in [4.69, 9.17) is 9.47 Å². The first-order valence-corrected chi connectivity index (χ1v) is 10.8. The van der Waals surface area contributed by atoms with Crippen LogP contribution < -0.4 is 4.74 Å². The number of carbonyl (C=O) groups is 1. The molecule has 2 fully saturated rings. The molecule has 27 heavy (non-hydrogen) atoms. The molecule has 0 spiro atoms. The number of methoxy groups -OCH3 is 1. The van der Waals surface area contributed by atoms with Crippen LogP contribution in [0.1, 0.15) is 29.5 Å². The highest BCUT2D eigenvalue weighted by Crippen LogP contribution is 2.32. The highest BCUT2D eigenvalue weighted by molar-refractivity contribution is 7.89. The second-order valence-electron chi connectivity index (χ2n) is 7.21. The van der Waals surface area contributed by atoms with Crippen molar-refractivity contribution in [1.82, 2.24) is 9.21 Å². The number of piperazine rings is 1. The van der Waals surface area contributed by atoms with Crippen molar-refractivity contribution in [2.75, 3.05) is 39.9 Å². The zero-order valence-corrected chi connectivity index (χ0v) is 17.3. The van der Waals surface area contributed by atoms with E-state index >= 15 is 0 Å². The lowest BCUT2D eigenvalue weighted by Gasteiger charge is -2.35. The maximum absolute atomic E-state index is 13.3. The van der Waals surface area contributed by atoms with Gasteiger partial charge in [-0.3, -0.25) is 4.79 Å². The summed E-state index contributed by atoms with van der Waals surface area (Å²) in [6.45, 7) is 7.48. The molecule has 3 rings (SSSR count). The highest BCUT2D eigenvalue weighted by atomic mass is 32.2. The monoisotopic (exact) mass is 396 g/mol. The smallest absolute Gasteiger partial charge is 0.251 e. The lowest BCUT2D eigenvalue weighted by atomic mass is 10.1. The van der Waals surface area contributed by atoms with Gasteiger partial charge in [-0.1, -0.05) is 0 Å². The molecule has 0 aliphatic carbocycles. The summed E-state index contributed by atoms with van der Waals surface area (Å²) in [4.78, 5) is 14.5. The molecule has 1 unspecified atom stereocenters. The maximum Gasteiger partial charge on any atom is 0.251 e. The van der Waals surface area contributed by atoms with Gasteiger partial charge in [-0.25, -0.2) is 8.42 Å². The molecule has 0 radical (unpaired) electrons. The van der Waals surface area contributed by atoms with E-state index in [2.05, 4.69) is 0 Å². The first kappa shape index (κ1) is 20.1. The first-order chi connectivity index (χ1) is 12.8. The average molecular weight is 397 g/mol. The molecule has 0 saturated carbocycles. The van der Waals surface area contributed by atoms with E-state index in [1.54, 1.807) is 25.0 Å². The van der Waals surface area contributed by atoms with Crippen LogP contribution in [0, 0.1) is 20.8 Å². The first-order valence-electron chi connectivity index (χ1n) is 9.32. The van der Waals surface area contributed by atoms with Gasteiger partial charge in [0, 0.05) is 32.8 Å². The number of sulfonamides is 1. The Hall–Kier alpha value is -1.64. The third kappa shape index (κ3) is 3.70. The topological polar surface area (TPSA) is 76.2 Å². The van der Waals surface area contributed by atoms with E-state index in [1.165, 1.54) is 4.31 Å². The SMILES string of the molecule is COc1cc(C)c(S(=O)(=O)N2CCN(C(=O)C3CCCO3)CC2)c(C)c1C. The predicted octanol–water partition coefficient (Wildman–Crippen LogP) is 1.63. The maximum atomic E-state index is 13.3. The van der Waals surface area contributed by atoms with E-state index in [-0.39, 0.29) is 12.0 Å². The van der Waals surface area contributed by atoms with Crippen LogP contribution >= 0.6 is 0 Å². The van der Waals surface area contributed by atoms with E-state index in [0.717, 1.165) is 18.4 Å². The molecule has 1 aromatic rings. The fourth-order valence-corrected chi connectivity index (χ4v) is 5.79. The van der Waals surface area contributed by atoms with E-state index in [1.807, 2.05) is 13.8 Å². The summed E-state index contributed by atoms with van der Waals surface area (Å²) in [6, 6.07) is 1.77. The number of ether oxygens (including phenoxy) is 2. The molecule has 1 aromatic carbocycles. The Bertz CT molecular complexity index is 823. The lowest BCUT2D eigenvalue weighted by molar-refractivity contribution is -0.142. The molecule has 1 amide bonds. The molecule has 2 heterocycles. The summed E-state index contributed by atoms with van der Waals surface area (Å²) < 4.78 is 38.8. The molecular weight excluding hydrogens is 368 g/mol. The van der Waals surface area contributed by atoms with Gasteiger partial charge in [-0.2, -0.15) is 4.31 Å². The van der Waals surface area contributed by atoms with Gasteiger partial charge in [-0.05, 0) is 56.4 Å². The fraction of sp³-hybridized carbons (Fsp3) is 0.632. The summed E-state index contributed by atoms with van der Waals surface area (Å²) in [7, 11) is -2.05. The van der Waals surface area contributed by atoms with Crippen LogP contribution in [0.5, 0.6) is 5.75 Å². The lowest BCUT2D eigenvalue weighted by Crippen LogP contribution is -2.52. The largest absolute Gasteiger partial charge is 0.496 e. The number of hydrogen-bond acceptors (Lipinski definition) is 5. The van der Waals surface area contributed by atoms with Crippen LogP contribution in [0.2, 0.25) is 0 Å². The third-order valence-corrected chi connectivity index (χ3v) is 7.74. The van der Waals surface area contributed by atoms with Gasteiger partial charge in [0.25, 0.3) is 5.91 Å². The molecule has 2 aliphatic heterocycles. The highest BCUT2D eigenvalue weighted by Gasteiger charge is 2.35. The van der Waals surface area contributed by atoms with Gasteiger partial charge in [0.1, 0.15) is 11.9 Å². The standard InChI is InChI=1S/C19H28N2O5S/c1-13-12-17(25-4)14(2)15(3)18(13)27(23,24)21-9-7-20(8-10-21)19(22)16-6-5-11-26-16/h12,16H,5-11H2,1-4H3. The van der Waals surface area contributed by atoms with Crippen LogP contribution in [0.4, 0.5) is 0 Å². The van der Waals surface area contributed by atoms with Crippen molar-refractivity contribution >= 4 is 15.9 Å². The van der Waals surface area contributed by atoms with Gasteiger partial charge < -0.3 is 14.4 Å². The number of benzene rings is 1. The molecule has 0 N–H and O–H groups in total. The molecule has 0 aromatic heterocycles. The minimum Gasteiger partial charge on any atom is -0.496 e. The van der Waals surface area contributed by atoms with Crippen LogP contribution in [0.3, 0.4) is 0 Å². The van der Waals surface area contributed by atoms with Crippen LogP contribution in [-0.2, 0) is 19.6 Å². The van der Waals surface area contributed by atoms with Crippen molar-refractivity contribution in [1.29, 1.82) is 0 Å². The van der Waals surface area contributed by atoms with E-state index in [9.17, 15) is 13.2 Å². The molecule has 2 aliphatic rings. The second-order valence-corrected chi connectivity index (χ2v) is 9.08. The van der Waals surface area contributed by atoms with Crippen LogP contribution in [-0.4, -0.2) is 69.5 Å². The Morgan fingerprint density at radius 3 is 2.37 bits per heavy atom. The zero-order chi connectivity index (χ0) is 19.8. The summed E-state index contributed by atoms with van der Waals surface area (Å²) in [6.07, 6.45) is 1.29. The van der Waals surface area contributed by atoms with Gasteiger partial charge in [0.05, 0.1) is 12.0 Å². The minimum atomic E-state index is -3.63. The Morgan fingerprint density at radius 1 is 1.15 bits per heavy atom. The van der Waals surface area contributed by atoms with Crippen LogP contribution in [0.15, 0.2) is 11.0 Å². The number of rotatable bonds is 4. The Balaban J connectivity index is 1.78. The number of hydrogen-bond donors (Lipinski definition) is 0. The summed E-state index contributed by atoms with van der Waals surface area (Å²) in [5.41, 5.74) is 2.21. The van der Waals surface area contributed by atoms with Crippen LogP contribution in [0.25, 0.3) is 0 Å². The molecule has 8 heteroatoms. The molecular formula is C19H28N2O5S. The Labute approximate surface area is 161 Å². The van der Waals surface area contributed by atoms with E-state index < -0.39 is 10.0 Å². The van der Waals surface area contributed by atoms with Crippen molar-refractivity contribution in [3.05, 3.63) is 22.8 Å². The summed E-state index contributed by atoms with van der Waals surface area (Å²) in [5.74, 6) is 0.674. The average Bonchev–Trinajstić information content (AvgIpc) is 3.18. The Kier molecular flexibility index (Phi) is 5.79. The Morgan fingerprint density at radius 2 is 1.81 bits per heavy atom. The summed E-state index contributed by atoms with van der Waals surface area (Å²) in [5, 5.41) is 0. The van der Waals surface area contributed by atoms with Crippen molar-refractivity contribution in [3.63, 3.8) is 0 Å². The fourth-order valence-electron chi connectivity index (χ4n) is 3.88. The van der Waals surface area contributed by atoms with Gasteiger partial charge in [0.2, 0.25) is 10.0 Å². The third-order valence-electron chi connectivity index (χ3n) is 5.55. The minimum absolute atomic E-state index is 0.0165. The molecule has 2 saturated heterocycles. The zero-order valence-electron chi connectivity index (χ0n) is 16.4. The second kappa shape index (κ2) is 7.77. The van der Waals surface area contributed by atoms with Gasteiger partial charge in [0.15, 0.2) is 0 Å². The van der Waals surface area contributed by atoms with E-state index in [0.29, 0.717) is 54.6 Å². The van der Waals surface area contributed by atoms with Crippen molar-refractivity contribution < 1.29 is 22.7 Å². The molecule has 7 nitrogen and oxygen atoms in total. The van der Waals surface area contributed by atoms with Gasteiger partial charge in [-0.15, -0.1) is 0 Å². The number of aryl methyl sites for hydroxylation is 1. The molecule has 150 valence electrons.